The van der Waals surface area contributed by atoms with Gasteiger partial charge in [0.2, 0.25) is 6.54 Å². The number of hydrogen-bond acceptors (Lipinski definition) is 6. The molecule has 0 bridgehead atoms. The number of benzene rings is 3. The Bertz CT molecular complexity index is 1340. The molecular formula is C26H25BrN4O3S. The third-order valence-corrected chi connectivity index (χ3v) is 7.37. The molecule has 0 aliphatic carbocycles. The number of halogens is 1. The maximum atomic E-state index is 11.6. The summed E-state index contributed by atoms with van der Waals surface area (Å²) in [5, 5.41) is 20.3. The maximum Gasteiger partial charge on any atom is 0.220 e. The van der Waals surface area contributed by atoms with Crippen molar-refractivity contribution in [3.05, 3.63) is 109 Å². The third kappa shape index (κ3) is 6.10. The van der Waals surface area contributed by atoms with Gasteiger partial charge >= 0.3 is 0 Å². The molecule has 3 aromatic carbocycles. The second-order valence-electron chi connectivity index (χ2n) is 8.21. The van der Waals surface area contributed by atoms with E-state index in [1.54, 1.807) is 0 Å². The van der Waals surface area contributed by atoms with Crippen LogP contribution in [0.4, 0.5) is 0 Å². The number of hydrogen-bond donors (Lipinski definition) is 0. The standard InChI is InChI=1S/C26H25BrN4O3S/c1-17-8-13-22(14-18(17)2)31-19(3)28-29-26(31)35-25(15-30(32)33)23-6-4-5-7-24(23)34-16-20-9-11-21(27)12-10-20/h4-14,25H,15-16H2,1-3H3/t25-/m1/s1. The highest BCUT2D eigenvalue weighted by molar-refractivity contribution is 9.10. The van der Waals surface area contributed by atoms with E-state index in [1.165, 1.54) is 17.3 Å². The van der Waals surface area contributed by atoms with Crippen molar-refractivity contribution < 1.29 is 9.66 Å². The number of para-hydroxylation sites is 1. The van der Waals surface area contributed by atoms with Crippen LogP contribution in [0.3, 0.4) is 0 Å². The number of ether oxygens (including phenoxy) is 1. The van der Waals surface area contributed by atoms with Crippen LogP contribution in [0.5, 0.6) is 5.75 Å². The van der Waals surface area contributed by atoms with Crippen LogP contribution >= 0.6 is 27.7 Å². The van der Waals surface area contributed by atoms with Crippen molar-refractivity contribution in [1.29, 1.82) is 0 Å². The minimum Gasteiger partial charge on any atom is -0.489 e. The summed E-state index contributed by atoms with van der Waals surface area (Å²) in [5.74, 6) is 1.33. The van der Waals surface area contributed by atoms with Gasteiger partial charge < -0.3 is 4.74 Å². The minimum absolute atomic E-state index is 0.276. The van der Waals surface area contributed by atoms with E-state index < -0.39 is 5.25 Å². The lowest BCUT2D eigenvalue weighted by Gasteiger charge is -2.18. The van der Waals surface area contributed by atoms with Crippen molar-refractivity contribution in [3.63, 3.8) is 0 Å². The van der Waals surface area contributed by atoms with Crippen LogP contribution in [-0.2, 0) is 6.61 Å². The number of thioether (sulfide) groups is 1. The van der Waals surface area contributed by atoms with Crippen molar-refractivity contribution in [2.24, 2.45) is 0 Å². The highest BCUT2D eigenvalue weighted by Gasteiger charge is 2.26. The van der Waals surface area contributed by atoms with Crippen LogP contribution in [0.2, 0.25) is 0 Å². The Morgan fingerprint density at radius 3 is 2.49 bits per heavy atom. The van der Waals surface area contributed by atoms with Crippen LogP contribution < -0.4 is 4.74 Å². The van der Waals surface area contributed by atoms with Gasteiger partial charge in [-0.2, -0.15) is 0 Å². The highest BCUT2D eigenvalue weighted by atomic mass is 79.9. The summed E-state index contributed by atoms with van der Waals surface area (Å²) >= 11 is 4.76. The normalized spacial score (nSPS) is 11.9. The lowest BCUT2D eigenvalue weighted by atomic mass is 10.1. The number of nitro groups is 1. The predicted octanol–water partition coefficient (Wildman–Crippen LogP) is 6.64. The van der Waals surface area contributed by atoms with Gasteiger partial charge in [-0.1, -0.05) is 64.1 Å². The monoisotopic (exact) mass is 552 g/mol. The highest BCUT2D eigenvalue weighted by Crippen LogP contribution is 2.40. The van der Waals surface area contributed by atoms with E-state index in [4.69, 9.17) is 4.74 Å². The van der Waals surface area contributed by atoms with E-state index in [-0.39, 0.29) is 11.5 Å². The Morgan fingerprint density at radius 2 is 1.77 bits per heavy atom. The number of rotatable bonds is 9. The van der Waals surface area contributed by atoms with Crippen LogP contribution in [-0.4, -0.2) is 26.2 Å². The summed E-state index contributed by atoms with van der Waals surface area (Å²) in [6, 6.07) is 21.5. The first-order valence-electron chi connectivity index (χ1n) is 11.1. The fourth-order valence-electron chi connectivity index (χ4n) is 3.66. The van der Waals surface area contributed by atoms with E-state index in [0.717, 1.165) is 32.7 Å². The predicted molar refractivity (Wildman–Crippen MR) is 141 cm³/mol. The van der Waals surface area contributed by atoms with Gasteiger partial charge in [-0.25, -0.2) is 0 Å². The molecule has 0 spiro atoms. The topological polar surface area (TPSA) is 83.1 Å². The Morgan fingerprint density at radius 1 is 1.03 bits per heavy atom. The van der Waals surface area contributed by atoms with Crippen molar-refractivity contribution in [2.75, 3.05) is 6.54 Å². The molecule has 0 saturated carbocycles. The summed E-state index contributed by atoms with van der Waals surface area (Å²) in [4.78, 5) is 11.3. The zero-order valence-electron chi connectivity index (χ0n) is 19.6. The summed E-state index contributed by atoms with van der Waals surface area (Å²) in [7, 11) is 0. The Labute approximate surface area is 216 Å². The first kappa shape index (κ1) is 24.9. The first-order valence-corrected chi connectivity index (χ1v) is 12.7. The van der Waals surface area contributed by atoms with Crippen LogP contribution in [0, 0.1) is 30.9 Å². The van der Waals surface area contributed by atoms with Crippen molar-refractivity contribution >= 4 is 27.7 Å². The Hall–Kier alpha value is -3.17. The van der Waals surface area contributed by atoms with Gasteiger partial charge in [0, 0.05) is 20.6 Å². The summed E-state index contributed by atoms with van der Waals surface area (Å²) < 4.78 is 9.05. The second-order valence-corrected chi connectivity index (χ2v) is 10.3. The van der Waals surface area contributed by atoms with Gasteiger partial charge in [-0.3, -0.25) is 14.7 Å². The molecule has 0 saturated heterocycles. The molecule has 1 aromatic heterocycles. The smallest absolute Gasteiger partial charge is 0.220 e. The summed E-state index contributed by atoms with van der Waals surface area (Å²) in [6.45, 7) is 6.08. The lowest BCUT2D eigenvalue weighted by Crippen LogP contribution is -2.12. The molecule has 0 N–H and O–H groups in total. The Balaban J connectivity index is 1.65. The average molecular weight is 553 g/mol. The van der Waals surface area contributed by atoms with Crippen LogP contribution in [0.25, 0.3) is 5.69 Å². The van der Waals surface area contributed by atoms with Gasteiger partial charge in [0.1, 0.15) is 23.4 Å². The van der Waals surface area contributed by atoms with E-state index >= 15 is 0 Å². The minimum atomic E-state index is -0.514. The largest absolute Gasteiger partial charge is 0.489 e. The molecule has 0 amide bonds. The molecule has 0 fully saturated rings. The van der Waals surface area contributed by atoms with Gasteiger partial charge in [0.05, 0.1) is 0 Å². The third-order valence-electron chi connectivity index (χ3n) is 5.68. The molecule has 0 radical (unpaired) electrons. The van der Waals surface area contributed by atoms with Crippen molar-refractivity contribution in [1.82, 2.24) is 14.8 Å². The van der Waals surface area contributed by atoms with Crippen molar-refractivity contribution in [3.8, 4) is 11.4 Å². The van der Waals surface area contributed by atoms with E-state index in [1.807, 2.05) is 66.1 Å². The van der Waals surface area contributed by atoms with Crippen LogP contribution in [0.15, 0.2) is 76.4 Å². The zero-order valence-corrected chi connectivity index (χ0v) is 22.0. The molecule has 4 rings (SSSR count). The van der Waals surface area contributed by atoms with Crippen molar-refractivity contribution in [2.45, 2.75) is 37.8 Å². The fraction of sp³-hybridized carbons (Fsp3) is 0.231. The molecule has 35 heavy (non-hydrogen) atoms. The first-order chi connectivity index (χ1) is 16.8. The quantitative estimate of drug-likeness (QED) is 0.131. The van der Waals surface area contributed by atoms with E-state index in [9.17, 15) is 10.1 Å². The van der Waals surface area contributed by atoms with Gasteiger partial charge in [0.25, 0.3) is 0 Å². The molecule has 1 atom stereocenters. The molecule has 180 valence electrons. The van der Waals surface area contributed by atoms with Crippen LogP contribution in [0.1, 0.15) is 33.3 Å². The average Bonchev–Trinajstić information content (AvgIpc) is 3.20. The van der Waals surface area contributed by atoms with E-state index in [2.05, 4.69) is 52.1 Å². The maximum absolute atomic E-state index is 11.6. The van der Waals surface area contributed by atoms with Gasteiger partial charge in [-0.05, 0) is 67.8 Å². The molecule has 0 unspecified atom stereocenters. The zero-order chi connectivity index (χ0) is 24.9. The fourth-order valence-corrected chi connectivity index (χ4v) is 5.13. The molecule has 0 aliphatic heterocycles. The molecule has 0 aliphatic rings. The molecule has 7 nitrogen and oxygen atoms in total. The molecular weight excluding hydrogens is 528 g/mol. The number of aromatic nitrogens is 3. The SMILES string of the molecule is Cc1ccc(-n2c(C)nnc2S[C@H](C[N+](=O)[O-])c2ccccc2OCc2ccc(Br)cc2)cc1C. The summed E-state index contributed by atoms with van der Waals surface area (Å²) in [5.41, 5.74) is 5.03. The molecule has 4 aromatic rings. The molecule has 9 heteroatoms. The van der Waals surface area contributed by atoms with E-state index in [0.29, 0.717) is 17.5 Å². The number of aryl methyl sites for hydroxylation is 3. The summed E-state index contributed by atoms with van der Waals surface area (Å²) in [6.07, 6.45) is 0. The van der Waals surface area contributed by atoms with Gasteiger partial charge in [0.15, 0.2) is 5.16 Å². The lowest BCUT2D eigenvalue weighted by molar-refractivity contribution is -0.479. The number of nitrogens with zero attached hydrogens (tertiary/aromatic N) is 4. The van der Waals surface area contributed by atoms with Gasteiger partial charge in [-0.15, -0.1) is 10.2 Å². The second kappa shape index (κ2) is 11.0. The molecule has 1 heterocycles. The Kier molecular flexibility index (Phi) is 7.87.